The zero-order valence-electron chi connectivity index (χ0n) is 8.84. The molecule has 0 heterocycles. The van der Waals surface area contributed by atoms with E-state index in [-0.39, 0.29) is 5.91 Å². The Bertz CT molecular complexity index is 364. The van der Waals surface area contributed by atoms with Gasteiger partial charge in [0, 0.05) is 28.5 Å². The van der Waals surface area contributed by atoms with Gasteiger partial charge in [0.1, 0.15) is 5.82 Å². The molecular weight excluding hydrogens is 341 g/mol. The minimum Gasteiger partial charge on any atom is -0.338 e. The Morgan fingerprint density at radius 2 is 2.12 bits per heavy atom. The van der Waals surface area contributed by atoms with Crippen molar-refractivity contribution in [2.45, 2.75) is 6.92 Å². The second kappa shape index (κ2) is 6.35. The summed E-state index contributed by atoms with van der Waals surface area (Å²) in [6.07, 6.45) is 0. The van der Waals surface area contributed by atoms with Gasteiger partial charge >= 0.3 is 0 Å². The Morgan fingerprint density at radius 1 is 1.44 bits per heavy atom. The van der Waals surface area contributed by atoms with Crippen molar-refractivity contribution >= 4 is 37.8 Å². The molecule has 0 saturated heterocycles. The van der Waals surface area contributed by atoms with E-state index in [1.165, 1.54) is 12.1 Å². The fraction of sp³-hybridized carbons (Fsp3) is 0.364. The number of rotatable bonds is 4. The first kappa shape index (κ1) is 13.6. The normalized spacial score (nSPS) is 10.2. The zero-order chi connectivity index (χ0) is 12.1. The molecule has 1 amide bonds. The molecule has 0 N–H and O–H groups in total. The van der Waals surface area contributed by atoms with E-state index >= 15 is 0 Å². The first-order valence-electron chi connectivity index (χ1n) is 4.89. The summed E-state index contributed by atoms with van der Waals surface area (Å²) in [4.78, 5) is 13.7. The van der Waals surface area contributed by atoms with Crippen LogP contribution in [0.2, 0.25) is 0 Å². The molecule has 16 heavy (non-hydrogen) atoms. The van der Waals surface area contributed by atoms with Crippen molar-refractivity contribution in [1.82, 2.24) is 4.90 Å². The van der Waals surface area contributed by atoms with E-state index in [0.717, 1.165) is 0 Å². The molecule has 0 spiro atoms. The molecule has 0 bridgehead atoms. The van der Waals surface area contributed by atoms with Crippen LogP contribution in [0.5, 0.6) is 0 Å². The molecule has 0 atom stereocenters. The van der Waals surface area contributed by atoms with Crippen LogP contribution < -0.4 is 0 Å². The van der Waals surface area contributed by atoms with Crippen molar-refractivity contribution in [2.24, 2.45) is 0 Å². The number of benzene rings is 1. The van der Waals surface area contributed by atoms with Gasteiger partial charge in [0.2, 0.25) is 0 Å². The predicted octanol–water partition coefficient (Wildman–Crippen LogP) is 3.45. The summed E-state index contributed by atoms with van der Waals surface area (Å²) in [5.41, 5.74) is 0.370. The highest BCUT2D eigenvalue weighted by atomic mass is 79.9. The number of hydrogen-bond acceptors (Lipinski definition) is 1. The van der Waals surface area contributed by atoms with E-state index in [1.54, 1.807) is 11.0 Å². The van der Waals surface area contributed by atoms with Crippen LogP contribution in [0, 0.1) is 5.82 Å². The highest BCUT2D eigenvalue weighted by Gasteiger charge is 2.14. The van der Waals surface area contributed by atoms with Crippen molar-refractivity contribution in [3.63, 3.8) is 0 Å². The van der Waals surface area contributed by atoms with E-state index in [9.17, 15) is 9.18 Å². The van der Waals surface area contributed by atoms with Crippen LogP contribution >= 0.6 is 31.9 Å². The number of amides is 1. The Kier molecular flexibility index (Phi) is 5.41. The Labute approximate surface area is 111 Å². The van der Waals surface area contributed by atoms with Gasteiger partial charge in [-0.2, -0.15) is 0 Å². The SMILES string of the molecule is CCN(CCBr)C(=O)c1cc(F)cc(Br)c1. The van der Waals surface area contributed by atoms with Gasteiger partial charge in [-0.1, -0.05) is 31.9 Å². The number of nitrogens with zero attached hydrogens (tertiary/aromatic N) is 1. The average molecular weight is 353 g/mol. The number of carbonyl (C=O) groups is 1. The highest BCUT2D eigenvalue weighted by molar-refractivity contribution is 9.10. The molecule has 0 radical (unpaired) electrons. The first-order chi connectivity index (χ1) is 7.58. The van der Waals surface area contributed by atoms with E-state index in [1.807, 2.05) is 6.92 Å². The Balaban J connectivity index is 2.94. The lowest BCUT2D eigenvalue weighted by molar-refractivity contribution is 0.0774. The van der Waals surface area contributed by atoms with E-state index in [4.69, 9.17) is 0 Å². The summed E-state index contributed by atoms with van der Waals surface area (Å²) in [5.74, 6) is -0.560. The van der Waals surface area contributed by atoms with Crippen molar-refractivity contribution in [2.75, 3.05) is 18.4 Å². The molecule has 1 aromatic carbocycles. The van der Waals surface area contributed by atoms with Gasteiger partial charge in [-0.3, -0.25) is 4.79 Å². The maximum absolute atomic E-state index is 13.1. The number of alkyl halides is 1. The third-order valence-electron chi connectivity index (χ3n) is 2.13. The van der Waals surface area contributed by atoms with E-state index in [0.29, 0.717) is 28.5 Å². The quantitative estimate of drug-likeness (QED) is 0.760. The van der Waals surface area contributed by atoms with Gasteiger partial charge in [0.25, 0.3) is 5.91 Å². The molecule has 0 fully saturated rings. The topological polar surface area (TPSA) is 20.3 Å². The van der Waals surface area contributed by atoms with Gasteiger partial charge < -0.3 is 4.90 Å². The lowest BCUT2D eigenvalue weighted by Crippen LogP contribution is -2.32. The third-order valence-corrected chi connectivity index (χ3v) is 2.95. The summed E-state index contributed by atoms with van der Waals surface area (Å²) in [6, 6.07) is 4.21. The van der Waals surface area contributed by atoms with Crippen molar-refractivity contribution < 1.29 is 9.18 Å². The molecule has 88 valence electrons. The zero-order valence-corrected chi connectivity index (χ0v) is 12.0. The minimum atomic E-state index is -0.410. The molecule has 0 aliphatic heterocycles. The summed E-state index contributed by atoms with van der Waals surface area (Å²) >= 11 is 6.45. The van der Waals surface area contributed by atoms with E-state index < -0.39 is 5.82 Å². The fourth-order valence-electron chi connectivity index (χ4n) is 1.37. The van der Waals surface area contributed by atoms with Crippen LogP contribution in [0.15, 0.2) is 22.7 Å². The lowest BCUT2D eigenvalue weighted by atomic mass is 10.2. The van der Waals surface area contributed by atoms with Gasteiger partial charge in [0.15, 0.2) is 0 Å². The summed E-state index contributed by atoms with van der Waals surface area (Å²) in [6.45, 7) is 3.12. The minimum absolute atomic E-state index is 0.151. The summed E-state index contributed by atoms with van der Waals surface area (Å²) in [7, 11) is 0. The molecule has 0 unspecified atom stereocenters. The predicted molar refractivity (Wildman–Crippen MR) is 69.5 cm³/mol. The maximum atomic E-state index is 13.1. The molecule has 0 aliphatic rings. The molecular formula is C11H12Br2FNO. The van der Waals surface area contributed by atoms with Gasteiger partial charge in [-0.15, -0.1) is 0 Å². The first-order valence-corrected chi connectivity index (χ1v) is 6.81. The molecule has 0 saturated carbocycles. The van der Waals surface area contributed by atoms with Crippen LogP contribution in [0.3, 0.4) is 0 Å². The molecule has 0 aliphatic carbocycles. The van der Waals surface area contributed by atoms with Crippen molar-refractivity contribution in [3.8, 4) is 0 Å². The summed E-state index contributed by atoms with van der Waals surface area (Å²) < 4.78 is 13.7. The van der Waals surface area contributed by atoms with Crippen LogP contribution in [-0.4, -0.2) is 29.2 Å². The lowest BCUT2D eigenvalue weighted by Gasteiger charge is -2.19. The van der Waals surface area contributed by atoms with Crippen LogP contribution in [0.25, 0.3) is 0 Å². The average Bonchev–Trinajstić information content (AvgIpc) is 2.23. The van der Waals surface area contributed by atoms with Gasteiger partial charge in [0.05, 0.1) is 0 Å². The van der Waals surface area contributed by atoms with Crippen LogP contribution in [0.1, 0.15) is 17.3 Å². The fourth-order valence-corrected chi connectivity index (χ4v) is 2.26. The second-order valence-electron chi connectivity index (χ2n) is 3.23. The van der Waals surface area contributed by atoms with Gasteiger partial charge in [-0.25, -0.2) is 4.39 Å². The van der Waals surface area contributed by atoms with Crippen molar-refractivity contribution in [1.29, 1.82) is 0 Å². The summed E-state index contributed by atoms with van der Waals surface area (Å²) in [5, 5.41) is 0.711. The third kappa shape index (κ3) is 3.56. The molecule has 2 nitrogen and oxygen atoms in total. The molecule has 5 heteroatoms. The second-order valence-corrected chi connectivity index (χ2v) is 4.94. The van der Waals surface area contributed by atoms with Crippen LogP contribution in [0.4, 0.5) is 4.39 Å². The van der Waals surface area contributed by atoms with Gasteiger partial charge in [-0.05, 0) is 25.1 Å². The molecule has 1 aromatic rings. The standard InChI is InChI=1S/C11H12Br2FNO/c1-2-15(4-3-12)11(16)8-5-9(13)7-10(14)6-8/h5-7H,2-4H2,1H3. The van der Waals surface area contributed by atoms with Crippen LogP contribution in [-0.2, 0) is 0 Å². The smallest absolute Gasteiger partial charge is 0.254 e. The van der Waals surface area contributed by atoms with E-state index in [2.05, 4.69) is 31.9 Å². The monoisotopic (exact) mass is 351 g/mol. The highest BCUT2D eigenvalue weighted by Crippen LogP contribution is 2.16. The number of hydrogen-bond donors (Lipinski definition) is 0. The number of halogens is 3. The Hall–Kier alpha value is -0.420. The Morgan fingerprint density at radius 3 is 2.62 bits per heavy atom. The largest absolute Gasteiger partial charge is 0.338 e. The molecule has 0 aromatic heterocycles. The van der Waals surface area contributed by atoms with Crippen molar-refractivity contribution in [3.05, 3.63) is 34.1 Å². The number of carbonyl (C=O) groups excluding carboxylic acids is 1. The maximum Gasteiger partial charge on any atom is 0.254 e. The molecule has 1 rings (SSSR count).